The zero-order chi connectivity index (χ0) is 14.3. The van der Waals surface area contributed by atoms with Gasteiger partial charge in [0.2, 0.25) is 0 Å². The van der Waals surface area contributed by atoms with Crippen LogP contribution in [0.5, 0.6) is 0 Å². The standard InChI is InChI=1S/C15H19ClN2OS/c1-20(2,19)18-7-5-11(6-8-18)14-10-17-15-4-3-12(16)9-13(14)15/h3-4,9-11,17H,1,5-8H2,2H3. The van der Waals surface area contributed by atoms with Gasteiger partial charge in [-0.05, 0) is 48.4 Å². The van der Waals surface area contributed by atoms with Crippen molar-refractivity contribution in [3.05, 3.63) is 35.0 Å². The zero-order valence-corrected chi connectivity index (χ0v) is 13.1. The van der Waals surface area contributed by atoms with Crippen LogP contribution in [-0.2, 0) is 9.71 Å². The lowest BCUT2D eigenvalue weighted by Crippen LogP contribution is -2.36. The Morgan fingerprint density at radius 2 is 2.10 bits per heavy atom. The highest BCUT2D eigenvalue weighted by molar-refractivity contribution is 7.97. The van der Waals surface area contributed by atoms with E-state index in [4.69, 9.17) is 11.6 Å². The summed E-state index contributed by atoms with van der Waals surface area (Å²) in [5, 5.41) is 1.98. The van der Waals surface area contributed by atoms with E-state index in [0.29, 0.717) is 5.92 Å². The topological polar surface area (TPSA) is 36.1 Å². The molecule has 1 N–H and O–H groups in total. The summed E-state index contributed by atoms with van der Waals surface area (Å²) in [7, 11) is -2.06. The summed E-state index contributed by atoms with van der Waals surface area (Å²) in [6.07, 6.45) is 5.84. The van der Waals surface area contributed by atoms with Gasteiger partial charge in [0.15, 0.2) is 0 Å². The van der Waals surface area contributed by atoms with Gasteiger partial charge in [0, 0.05) is 51.2 Å². The van der Waals surface area contributed by atoms with Crippen molar-refractivity contribution in [3.8, 4) is 0 Å². The van der Waals surface area contributed by atoms with Crippen molar-refractivity contribution in [2.24, 2.45) is 0 Å². The fourth-order valence-electron chi connectivity index (χ4n) is 3.01. The van der Waals surface area contributed by atoms with E-state index in [0.717, 1.165) is 36.5 Å². The first-order chi connectivity index (χ1) is 9.45. The van der Waals surface area contributed by atoms with Crippen LogP contribution in [0.25, 0.3) is 10.9 Å². The Labute approximate surface area is 125 Å². The van der Waals surface area contributed by atoms with Crippen LogP contribution in [0, 0.1) is 0 Å². The van der Waals surface area contributed by atoms with Gasteiger partial charge in [0.25, 0.3) is 0 Å². The van der Waals surface area contributed by atoms with Crippen LogP contribution >= 0.6 is 11.6 Å². The molecule has 0 aliphatic carbocycles. The molecule has 1 unspecified atom stereocenters. The van der Waals surface area contributed by atoms with Crippen molar-refractivity contribution < 1.29 is 4.21 Å². The molecular formula is C15H19ClN2OS. The molecule has 3 nitrogen and oxygen atoms in total. The molecule has 1 aromatic carbocycles. The average molecular weight is 311 g/mol. The fraction of sp³-hybridized carbons (Fsp3) is 0.400. The highest BCUT2D eigenvalue weighted by Crippen LogP contribution is 2.34. The molecule has 0 saturated carbocycles. The Bertz CT molecular complexity index is 727. The monoisotopic (exact) mass is 310 g/mol. The Morgan fingerprint density at radius 1 is 1.40 bits per heavy atom. The van der Waals surface area contributed by atoms with Gasteiger partial charge in [-0.25, -0.2) is 4.31 Å². The van der Waals surface area contributed by atoms with Gasteiger partial charge in [0.1, 0.15) is 0 Å². The zero-order valence-electron chi connectivity index (χ0n) is 11.6. The molecule has 2 heterocycles. The SMILES string of the molecule is C=S(C)(=O)N1CCC(c2c[nH]c3ccc(Cl)cc23)CC1. The second-order valence-electron chi connectivity index (χ2n) is 5.60. The van der Waals surface area contributed by atoms with Crippen LogP contribution in [0.3, 0.4) is 0 Å². The fourth-order valence-corrected chi connectivity index (χ4v) is 4.16. The molecule has 1 aliphatic rings. The van der Waals surface area contributed by atoms with Crippen LogP contribution in [-0.4, -0.2) is 38.7 Å². The highest BCUT2D eigenvalue weighted by Gasteiger charge is 2.25. The van der Waals surface area contributed by atoms with Crippen molar-refractivity contribution in [1.82, 2.24) is 9.29 Å². The Morgan fingerprint density at radius 3 is 2.75 bits per heavy atom. The minimum Gasteiger partial charge on any atom is -0.361 e. The number of aromatic amines is 1. The first kappa shape index (κ1) is 14.0. The Balaban J connectivity index is 1.85. The number of nitrogens with zero attached hydrogens (tertiary/aromatic N) is 1. The molecule has 108 valence electrons. The smallest absolute Gasteiger partial charge is 0.0457 e. The third-order valence-corrected chi connectivity index (χ3v) is 5.81. The van der Waals surface area contributed by atoms with Gasteiger partial charge in [-0.1, -0.05) is 11.6 Å². The molecule has 1 aliphatic heterocycles. The quantitative estimate of drug-likeness (QED) is 0.849. The second kappa shape index (κ2) is 5.10. The van der Waals surface area contributed by atoms with Crippen molar-refractivity contribution in [2.75, 3.05) is 19.3 Å². The normalized spacial score (nSPS) is 21.1. The number of H-pyrrole nitrogens is 1. The van der Waals surface area contributed by atoms with E-state index in [1.54, 1.807) is 6.26 Å². The maximum Gasteiger partial charge on any atom is 0.0457 e. The van der Waals surface area contributed by atoms with Gasteiger partial charge in [-0.3, -0.25) is 4.21 Å². The maximum absolute atomic E-state index is 12.0. The lowest BCUT2D eigenvalue weighted by Gasteiger charge is -2.32. The van der Waals surface area contributed by atoms with Gasteiger partial charge >= 0.3 is 0 Å². The van der Waals surface area contributed by atoms with E-state index >= 15 is 0 Å². The third-order valence-electron chi connectivity index (χ3n) is 4.12. The maximum atomic E-state index is 12.0. The molecule has 1 fully saturated rings. The molecule has 1 saturated heterocycles. The molecule has 0 radical (unpaired) electrons. The number of nitrogens with one attached hydrogen (secondary N) is 1. The Hall–Kier alpha value is -0.970. The summed E-state index contributed by atoms with van der Waals surface area (Å²) < 4.78 is 14.0. The number of piperidine rings is 1. The van der Waals surface area contributed by atoms with Crippen molar-refractivity contribution in [2.45, 2.75) is 18.8 Å². The molecule has 3 rings (SSSR count). The summed E-state index contributed by atoms with van der Waals surface area (Å²) in [5.74, 6) is 4.27. The lowest BCUT2D eigenvalue weighted by atomic mass is 9.90. The van der Waals surface area contributed by atoms with Crippen LogP contribution in [0.2, 0.25) is 5.02 Å². The van der Waals surface area contributed by atoms with Crippen LogP contribution in [0.15, 0.2) is 24.4 Å². The van der Waals surface area contributed by atoms with E-state index in [1.165, 1.54) is 10.9 Å². The predicted molar refractivity (Wildman–Crippen MR) is 88.0 cm³/mol. The van der Waals surface area contributed by atoms with Gasteiger partial charge in [-0.2, -0.15) is 0 Å². The minimum absolute atomic E-state index is 0.500. The summed E-state index contributed by atoms with van der Waals surface area (Å²) in [6.45, 7) is 1.69. The number of hydrogen-bond acceptors (Lipinski definition) is 1. The third kappa shape index (κ3) is 2.60. The van der Waals surface area contributed by atoms with Crippen molar-refractivity contribution in [3.63, 3.8) is 0 Å². The van der Waals surface area contributed by atoms with Crippen LogP contribution < -0.4 is 0 Å². The average Bonchev–Trinajstić information content (AvgIpc) is 2.81. The van der Waals surface area contributed by atoms with Crippen molar-refractivity contribution in [1.29, 1.82) is 0 Å². The van der Waals surface area contributed by atoms with Crippen LogP contribution in [0.4, 0.5) is 0 Å². The van der Waals surface area contributed by atoms with Crippen LogP contribution in [0.1, 0.15) is 24.3 Å². The molecule has 0 spiro atoms. The molecular weight excluding hydrogens is 292 g/mol. The van der Waals surface area contributed by atoms with Gasteiger partial charge in [-0.15, -0.1) is 0 Å². The molecule has 1 atom stereocenters. The molecule has 20 heavy (non-hydrogen) atoms. The number of rotatable bonds is 2. The Kier molecular flexibility index (Phi) is 3.56. The number of hydrogen-bond donors (Lipinski definition) is 1. The molecule has 5 heteroatoms. The number of aromatic nitrogens is 1. The molecule has 2 aromatic rings. The summed E-state index contributed by atoms with van der Waals surface area (Å²) >= 11 is 6.10. The van der Waals surface area contributed by atoms with E-state index in [9.17, 15) is 4.21 Å². The number of benzene rings is 1. The summed E-state index contributed by atoms with van der Waals surface area (Å²) in [4.78, 5) is 3.31. The van der Waals surface area contributed by atoms with Crippen molar-refractivity contribution >= 4 is 38.1 Å². The van der Waals surface area contributed by atoms with E-state index in [-0.39, 0.29) is 0 Å². The summed E-state index contributed by atoms with van der Waals surface area (Å²) in [6, 6.07) is 5.95. The van der Waals surface area contributed by atoms with E-state index < -0.39 is 9.71 Å². The molecule has 1 aromatic heterocycles. The molecule has 0 bridgehead atoms. The predicted octanol–water partition coefficient (Wildman–Crippen LogP) is 3.26. The first-order valence-electron chi connectivity index (χ1n) is 6.79. The van der Waals surface area contributed by atoms with E-state index in [2.05, 4.69) is 17.1 Å². The lowest BCUT2D eigenvalue weighted by molar-refractivity contribution is 0.335. The van der Waals surface area contributed by atoms with Gasteiger partial charge < -0.3 is 4.98 Å². The van der Waals surface area contributed by atoms with Gasteiger partial charge in [0.05, 0.1) is 0 Å². The second-order valence-corrected chi connectivity index (χ2v) is 8.47. The number of fused-ring (bicyclic) bond motifs is 1. The number of halogens is 1. The highest BCUT2D eigenvalue weighted by atomic mass is 35.5. The summed E-state index contributed by atoms with van der Waals surface area (Å²) in [5.41, 5.74) is 2.46. The largest absolute Gasteiger partial charge is 0.361 e. The minimum atomic E-state index is -2.06. The van der Waals surface area contributed by atoms with E-state index in [1.807, 2.05) is 22.5 Å². The molecule has 0 amide bonds. The first-order valence-corrected chi connectivity index (χ1v) is 9.26.